The summed E-state index contributed by atoms with van der Waals surface area (Å²) in [5.74, 6) is 0.222. The van der Waals surface area contributed by atoms with Gasteiger partial charge in [0.15, 0.2) is 0 Å². The number of hydrogen-bond donors (Lipinski definition) is 2. The molecule has 0 aliphatic heterocycles. The van der Waals surface area contributed by atoms with E-state index in [-0.39, 0.29) is 5.97 Å². The lowest BCUT2D eigenvalue weighted by molar-refractivity contribution is 0.0525. The van der Waals surface area contributed by atoms with E-state index in [4.69, 9.17) is 4.74 Å². The van der Waals surface area contributed by atoms with Crippen molar-refractivity contribution in [1.29, 1.82) is 0 Å². The molecule has 29 heavy (non-hydrogen) atoms. The van der Waals surface area contributed by atoms with Crippen molar-refractivity contribution in [3.63, 3.8) is 0 Å². The predicted molar refractivity (Wildman–Crippen MR) is 109 cm³/mol. The van der Waals surface area contributed by atoms with Gasteiger partial charge in [0.1, 0.15) is 5.82 Å². The first kappa shape index (κ1) is 19.8. The molecule has 8 nitrogen and oxygen atoms in total. The second-order valence-electron chi connectivity index (χ2n) is 5.88. The van der Waals surface area contributed by atoms with Crippen LogP contribution in [0.3, 0.4) is 0 Å². The van der Waals surface area contributed by atoms with E-state index in [2.05, 4.69) is 25.3 Å². The fourth-order valence-electron chi connectivity index (χ4n) is 2.48. The van der Waals surface area contributed by atoms with Gasteiger partial charge in [-0.1, -0.05) is 0 Å². The highest BCUT2D eigenvalue weighted by molar-refractivity contribution is 5.90. The van der Waals surface area contributed by atoms with Crippen LogP contribution in [-0.2, 0) is 9.47 Å². The Morgan fingerprint density at radius 1 is 0.862 bits per heavy atom. The van der Waals surface area contributed by atoms with Crippen LogP contribution in [0.25, 0.3) is 0 Å². The smallest absolute Gasteiger partial charge is 0.338 e. The van der Waals surface area contributed by atoms with Crippen molar-refractivity contribution >= 4 is 35.1 Å². The molecule has 0 aliphatic carbocycles. The molecule has 3 aromatic rings. The molecule has 0 fully saturated rings. The molecule has 0 saturated heterocycles. The first-order valence-corrected chi connectivity index (χ1v) is 8.91. The number of carbonyl (C=O) groups is 2. The van der Waals surface area contributed by atoms with E-state index < -0.39 is 5.97 Å². The highest BCUT2D eigenvalue weighted by Gasteiger charge is 2.07. The molecule has 0 saturated carbocycles. The normalized spacial score (nSPS) is 10.1. The second kappa shape index (κ2) is 9.32. The van der Waals surface area contributed by atoms with Crippen molar-refractivity contribution < 1.29 is 19.1 Å². The molecule has 2 N–H and O–H groups in total. The molecule has 0 aliphatic rings. The van der Waals surface area contributed by atoms with E-state index in [1.807, 2.05) is 0 Å². The molecule has 1 heterocycles. The molecule has 1 aromatic heterocycles. The van der Waals surface area contributed by atoms with Crippen LogP contribution in [0.2, 0.25) is 0 Å². The number of carbonyl (C=O) groups excluding carboxylic acids is 2. The molecule has 0 radical (unpaired) electrons. The Morgan fingerprint density at radius 3 is 2.03 bits per heavy atom. The van der Waals surface area contributed by atoms with Crippen LogP contribution in [0.1, 0.15) is 27.6 Å². The minimum atomic E-state index is -0.395. The maximum Gasteiger partial charge on any atom is 0.338 e. The van der Waals surface area contributed by atoms with Crippen molar-refractivity contribution in [2.45, 2.75) is 6.92 Å². The van der Waals surface area contributed by atoms with Crippen LogP contribution < -0.4 is 10.6 Å². The summed E-state index contributed by atoms with van der Waals surface area (Å²) in [5, 5.41) is 6.23. The van der Waals surface area contributed by atoms with E-state index in [9.17, 15) is 9.59 Å². The number of ether oxygens (including phenoxy) is 2. The topological polar surface area (TPSA) is 102 Å². The third-order valence-corrected chi connectivity index (χ3v) is 3.89. The van der Waals surface area contributed by atoms with Crippen molar-refractivity contribution in [2.75, 3.05) is 24.4 Å². The summed E-state index contributed by atoms with van der Waals surface area (Å²) in [6.07, 6.45) is 1.62. The standard InChI is InChI=1S/C21H20N4O4/c1-3-29-20(27)15-6-8-16(9-7-15)23-18-12-13-22-21(25-18)24-17-10-4-14(5-11-17)19(26)28-2/h4-13H,3H2,1-2H3,(H2,22,23,24,25). The molecule has 148 valence electrons. The van der Waals surface area contributed by atoms with Crippen LogP contribution >= 0.6 is 0 Å². The fourth-order valence-corrected chi connectivity index (χ4v) is 2.48. The average Bonchev–Trinajstić information content (AvgIpc) is 2.75. The third-order valence-electron chi connectivity index (χ3n) is 3.89. The monoisotopic (exact) mass is 392 g/mol. The number of rotatable bonds is 7. The zero-order chi connectivity index (χ0) is 20.6. The van der Waals surface area contributed by atoms with Crippen molar-refractivity contribution in [3.8, 4) is 0 Å². The van der Waals surface area contributed by atoms with Gasteiger partial charge in [0, 0.05) is 17.6 Å². The van der Waals surface area contributed by atoms with Gasteiger partial charge in [-0.25, -0.2) is 14.6 Å². The summed E-state index contributed by atoms with van der Waals surface area (Å²) in [6.45, 7) is 2.10. The largest absolute Gasteiger partial charge is 0.465 e. The number of anilines is 4. The SMILES string of the molecule is CCOC(=O)c1ccc(Nc2ccnc(Nc3ccc(C(=O)OC)cc3)n2)cc1. The van der Waals surface area contributed by atoms with E-state index in [1.165, 1.54) is 7.11 Å². The van der Waals surface area contributed by atoms with E-state index in [0.717, 1.165) is 11.4 Å². The zero-order valence-corrected chi connectivity index (χ0v) is 16.0. The number of benzene rings is 2. The Morgan fingerprint density at radius 2 is 1.45 bits per heavy atom. The lowest BCUT2D eigenvalue weighted by atomic mass is 10.2. The first-order chi connectivity index (χ1) is 14.1. The number of nitrogens with zero attached hydrogens (tertiary/aromatic N) is 2. The highest BCUT2D eigenvalue weighted by Crippen LogP contribution is 2.19. The minimum absolute atomic E-state index is 0.334. The Kier molecular flexibility index (Phi) is 6.36. The van der Waals surface area contributed by atoms with Crippen LogP contribution in [0.4, 0.5) is 23.1 Å². The summed E-state index contributed by atoms with van der Waals surface area (Å²) in [5.41, 5.74) is 2.44. The van der Waals surface area contributed by atoms with Gasteiger partial charge in [0.25, 0.3) is 0 Å². The molecule has 3 rings (SSSR count). The van der Waals surface area contributed by atoms with E-state index in [1.54, 1.807) is 67.7 Å². The van der Waals surface area contributed by atoms with Crippen LogP contribution in [0.5, 0.6) is 0 Å². The fraction of sp³-hybridized carbons (Fsp3) is 0.143. The van der Waals surface area contributed by atoms with Crippen LogP contribution in [0, 0.1) is 0 Å². The average molecular weight is 392 g/mol. The van der Waals surface area contributed by atoms with E-state index >= 15 is 0 Å². The molecule has 0 bridgehead atoms. The third kappa shape index (κ3) is 5.29. The Labute approximate surface area is 167 Å². The summed E-state index contributed by atoms with van der Waals surface area (Å²) in [6, 6.07) is 15.4. The van der Waals surface area contributed by atoms with Gasteiger partial charge < -0.3 is 20.1 Å². The predicted octanol–water partition coefficient (Wildman–Crippen LogP) is 3.93. The minimum Gasteiger partial charge on any atom is -0.465 e. The van der Waals surface area contributed by atoms with Gasteiger partial charge in [-0.2, -0.15) is 4.98 Å². The van der Waals surface area contributed by atoms with Gasteiger partial charge in [-0.15, -0.1) is 0 Å². The zero-order valence-electron chi connectivity index (χ0n) is 16.0. The molecule has 2 aromatic carbocycles. The Bertz CT molecular complexity index is 988. The van der Waals surface area contributed by atoms with Crippen molar-refractivity contribution in [3.05, 3.63) is 71.9 Å². The quantitative estimate of drug-likeness (QED) is 0.583. The molecule has 8 heteroatoms. The molecular weight excluding hydrogens is 372 g/mol. The number of esters is 2. The molecule has 0 unspecified atom stereocenters. The van der Waals surface area contributed by atoms with Gasteiger partial charge in [0.2, 0.25) is 5.95 Å². The highest BCUT2D eigenvalue weighted by atomic mass is 16.5. The Balaban J connectivity index is 1.66. The van der Waals surface area contributed by atoms with Gasteiger partial charge in [-0.3, -0.25) is 0 Å². The summed E-state index contributed by atoms with van der Waals surface area (Å²) < 4.78 is 9.65. The van der Waals surface area contributed by atoms with Gasteiger partial charge >= 0.3 is 11.9 Å². The number of aromatic nitrogens is 2. The second-order valence-corrected chi connectivity index (χ2v) is 5.88. The number of nitrogens with one attached hydrogen (secondary N) is 2. The molecular formula is C21H20N4O4. The van der Waals surface area contributed by atoms with Crippen LogP contribution in [-0.4, -0.2) is 35.6 Å². The first-order valence-electron chi connectivity index (χ1n) is 8.91. The number of hydrogen-bond acceptors (Lipinski definition) is 8. The lowest BCUT2D eigenvalue weighted by Gasteiger charge is -2.09. The number of methoxy groups -OCH3 is 1. The molecule has 0 spiro atoms. The summed E-state index contributed by atoms with van der Waals surface area (Å²) >= 11 is 0. The summed E-state index contributed by atoms with van der Waals surface area (Å²) in [4.78, 5) is 31.8. The molecule has 0 amide bonds. The maximum atomic E-state index is 11.7. The summed E-state index contributed by atoms with van der Waals surface area (Å²) in [7, 11) is 1.34. The van der Waals surface area contributed by atoms with Crippen molar-refractivity contribution in [1.82, 2.24) is 9.97 Å². The van der Waals surface area contributed by atoms with Gasteiger partial charge in [-0.05, 0) is 61.5 Å². The maximum absolute atomic E-state index is 11.7. The van der Waals surface area contributed by atoms with Gasteiger partial charge in [0.05, 0.1) is 24.8 Å². The van der Waals surface area contributed by atoms with Crippen molar-refractivity contribution in [2.24, 2.45) is 0 Å². The molecule has 0 atom stereocenters. The Hall–Kier alpha value is -3.94. The lowest BCUT2D eigenvalue weighted by Crippen LogP contribution is -2.04. The van der Waals surface area contributed by atoms with E-state index in [0.29, 0.717) is 29.5 Å². The van der Waals surface area contributed by atoms with Crippen LogP contribution in [0.15, 0.2) is 60.8 Å².